The normalized spacial score (nSPS) is 24.2. The lowest BCUT2D eigenvalue weighted by molar-refractivity contribution is 0.0273. The van der Waals surface area contributed by atoms with Gasteiger partial charge in [-0.2, -0.15) is 0 Å². The number of thioether (sulfide) groups is 1. The zero-order chi connectivity index (χ0) is 30.4. The summed E-state index contributed by atoms with van der Waals surface area (Å²) in [5, 5.41) is 0.929. The Hall–Kier alpha value is -2.91. The Kier molecular flexibility index (Phi) is 8.33. The predicted molar refractivity (Wildman–Crippen MR) is 173 cm³/mol. The number of carbonyl (C=O) groups is 1. The van der Waals surface area contributed by atoms with Crippen molar-refractivity contribution in [3.05, 3.63) is 47.0 Å². The number of pyridine rings is 1. The van der Waals surface area contributed by atoms with E-state index in [1.54, 1.807) is 11.6 Å². The number of hydrogen-bond acceptors (Lipinski definition) is 6. The molecule has 3 aliphatic rings. The Morgan fingerprint density at radius 3 is 2.67 bits per heavy atom. The van der Waals surface area contributed by atoms with Crippen molar-refractivity contribution in [2.24, 2.45) is 18.4 Å². The number of fused-ring (bicyclic) bond motifs is 1. The molecule has 0 radical (unpaired) electrons. The highest BCUT2D eigenvalue weighted by Gasteiger charge is 2.45. The highest BCUT2D eigenvalue weighted by atomic mass is 32.2. The van der Waals surface area contributed by atoms with E-state index >= 15 is 0 Å². The molecule has 1 amide bonds. The number of aromatic amines is 1. The van der Waals surface area contributed by atoms with Gasteiger partial charge in [-0.05, 0) is 102 Å². The lowest BCUT2D eigenvalue weighted by atomic mass is 9.80. The lowest BCUT2D eigenvalue weighted by Gasteiger charge is -2.37. The molecule has 8 nitrogen and oxygen atoms in total. The number of nitrogens with zero attached hydrogens (tertiary/aromatic N) is 3. The zero-order valence-electron chi connectivity index (χ0n) is 26.3. The molecular weight excluding hydrogens is 560 g/mol. The highest BCUT2D eigenvalue weighted by molar-refractivity contribution is 7.99. The molecule has 43 heavy (non-hydrogen) atoms. The van der Waals surface area contributed by atoms with Gasteiger partial charge in [0.2, 0.25) is 0 Å². The van der Waals surface area contributed by atoms with Gasteiger partial charge in [-0.3, -0.25) is 4.79 Å². The highest BCUT2D eigenvalue weighted by Crippen LogP contribution is 2.43. The van der Waals surface area contributed by atoms with Crippen LogP contribution in [0.25, 0.3) is 22.0 Å². The van der Waals surface area contributed by atoms with Crippen LogP contribution in [-0.2, 0) is 11.8 Å². The van der Waals surface area contributed by atoms with Crippen molar-refractivity contribution in [3.8, 4) is 16.9 Å². The van der Waals surface area contributed by atoms with Gasteiger partial charge < -0.3 is 28.8 Å². The Labute approximate surface area is 259 Å². The van der Waals surface area contributed by atoms with Gasteiger partial charge in [0.05, 0.1) is 6.10 Å². The second-order valence-corrected chi connectivity index (χ2v) is 15.2. The molecule has 9 heteroatoms. The molecule has 1 spiro atoms. The van der Waals surface area contributed by atoms with Crippen molar-refractivity contribution in [2.45, 2.75) is 76.4 Å². The van der Waals surface area contributed by atoms with Gasteiger partial charge in [0, 0.05) is 65.9 Å². The van der Waals surface area contributed by atoms with Crippen LogP contribution in [0.15, 0.2) is 46.3 Å². The molecule has 1 aliphatic carbocycles. The Bertz CT molecular complexity index is 1540. The molecule has 232 valence electrons. The maximum Gasteiger partial charge on any atom is 0.410 e. The fraction of sp³-hybridized carbons (Fsp3) is 0.588. The van der Waals surface area contributed by atoms with Crippen molar-refractivity contribution in [2.75, 3.05) is 38.5 Å². The van der Waals surface area contributed by atoms with E-state index in [2.05, 4.69) is 35.0 Å². The molecule has 1 unspecified atom stereocenters. The summed E-state index contributed by atoms with van der Waals surface area (Å²) >= 11 is 1.81. The minimum absolute atomic E-state index is 0.0237. The van der Waals surface area contributed by atoms with E-state index in [-0.39, 0.29) is 23.2 Å². The van der Waals surface area contributed by atoms with Gasteiger partial charge in [0.25, 0.3) is 5.56 Å². The number of carbonyl (C=O) groups excluding carboxylic acids is 1. The van der Waals surface area contributed by atoms with Gasteiger partial charge >= 0.3 is 6.09 Å². The lowest BCUT2D eigenvalue weighted by Crippen LogP contribution is -2.38. The number of aryl methyl sites for hydroxylation is 1. The number of amides is 1. The molecule has 3 aromatic rings. The number of benzene rings is 1. The van der Waals surface area contributed by atoms with E-state index in [9.17, 15) is 9.59 Å². The van der Waals surface area contributed by atoms with Crippen molar-refractivity contribution in [1.29, 1.82) is 0 Å². The summed E-state index contributed by atoms with van der Waals surface area (Å²) in [4.78, 5) is 34.1. The molecule has 1 saturated carbocycles. The Morgan fingerprint density at radius 2 is 1.91 bits per heavy atom. The topological polar surface area (TPSA) is 79.8 Å². The second kappa shape index (κ2) is 11.9. The fourth-order valence-corrected chi connectivity index (χ4v) is 7.78. The minimum atomic E-state index is -0.450. The minimum Gasteiger partial charge on any atom is -0.490 e. The number of likely N-dealkylation sites (tertiary alicyclic amines) is 2. The number of rotatable bonds is 8. The summed E-state index contributed by atoms with van der Waals surface area (Å²) in [7, 11) is 1.81. The smallest absolute Gasteiger partial charge is 0.410 e. The van der Waals surface area contributed by atoms with Crippen LogP contribution in [0.4, 0.5) is 4.79 Å². The first-order valence-corrected chi connectivity index (χ1v) is 16.8. The third kappa shape index (κ3) is 6.48. The van der Waals surface area contributed by atoms with Crippen LogP contribution in [0.2, 0.25) is 0 Å². The summed E-state index contributed by atoms with van der Waals surface area (Å²) in [5.41, 5.74) is 2.44. The van der Waals surface area contributed by atoms with Gasteiger partial charge in [0.15, 0.2) is 0 Å². The average molecular weight is 607 g/mol. The number of aromatic nitrogens is 2. The first-order valence-electron chi connectivity index (χ1n) is 15.8. The molecule has 1 atom stereocenters. The zero-order valence-corrected chi connectivity index (χ0v) is 27.1. The largest absolute Gasteiger partial charge is 0.490 e. The second-order valence-electron chi connectivity index (χ2n) is 13.9. The molecule has 2 aliphatic heterocycles. The number of ether oxygens (including phenoxy) is 2. The molecular formula is C34H46N4O4S. The van der Waals surface area contributed by atoms with Gasteiger partial charge in [-0.25, -0.2) is 4.79 Å². The van der Waals surface area contributed by atoms with Crippen LogP contribution in [0.1, 0.15) is 59.8 Å². The van der Waals surface area contributed by atoms with Crippen LogP contribution >= 0.6 is 11.8 Å². The SMILES string of the molecule is CCSc1ccc(OC2CC(CCN3CCC4(CCN(C(=O)OC(C)(C)C)C4)C3)C2)c(-c2cn(C)c(=O)c3[nH]ccc23)c1. The van der Waals surface area contributed by atoms with Crippen molar-refractivity contribution in [3.63, 3.8) is 0 Å². The molecule has 4 heterocycles. The van der Waals surface area contributed by atoms with E-state index in [1.165, 1.54) is 11.3 Å². The number of hydrogen-bond donors (Lipinski definition) is 1. The fourth-order valence-electron chi connectivity index (χ4n) is 7.08. The number of H-pyrrole nitrogens is 1. The third-order valence-electron chi connectivity index (χ3n) is 9.39. The van der Waals surface area contributed by atoms with Crippen LogP contribution in [0, 0.1) is 11.3 Å². The Balaban J connectivity index is 1.04. The first kappa shape index (κ1) is 30.1. The standard InChI is InChI=1S/C34H46N4O4S/c1-6-43-25-7-8-29(27(19-25)28-20-36(5)31(39)30-26(28)9-13-35-30)41-24-17-23(18-24)10-14-37-15-11-34(21-37)12-16-38(22-34)32(40)42-33(2,3)4/h7-9,13,19-20,23-24,35H,6,10-12,14-18,21-22H2,1-5H3. The molecule has 1 N–H and O–H groups in total. The molecule has 3 fully saturated rings. The van der Waals surface area contributed by atoms with Crippen LogP contribution < -0.4 is 10.3 Å². The summed E-state index contributed by atoms with van der Waals surface area (Å²) in [6.07, 6.45) is 9.39. The van der Waals surface area contributed by atoms with Crippen LogP contribution in [0.5, 0.6) is 5.75 Å². The van der Waals surface area contributed by atoms with Crippen molar-refractivity contribution in [1.82, 2.24) is 19.4 Å². The van der Waals surface area contributed by atoms with Crippen LogP contribution in [-0.4, -0.2) is 75.6 Å². The third-order valence-corrected chi connectivity index (χ3v) is 10.3. The summed E-state index contributed by atoms with van der Waals surface area (Å²) in [5.74, 6) is 2.56. The molecule has 2 aromatic heterocycles. The Morgan fingerprint density at radius 1 is 1.12 bits per heavy atom. The van der Waals surface area contributed by atoms with E-state index in [0.29, 0.717) is 11.4 Å². The maximum absolute atomic E-state index is 12.7. The summed E-state index contributed by atoms with van der Waals surface area (Å²) in [6, 6.07) is 8.45. The molecule has 6 rings (SSSR count). The van der Waals surface area contributed by atoms with E-state index in [0.717, 1.165) is 86.4 Å². The van der Waals surface area contributed by atoms with Gasteiger partial charge in [-0.1, -0.05) is 6.92 Å². The van der Waals surface area contributed by atoms with E-state index in [1.807, 2.05) is 55.9 Å². The summed E-state index contributed by atoms with van der Waals surface area (Å²) < 4.78 is 13.9. The summed E-state index contributed by atoms with van der Waals surface area (Å²) in [6.45, 7) is 12.9. The first-order chi connectivity index (χ1) is 20.5. The molecule has 1 aromatic carbocycles. The van der Waals surface area contributed by atoms with Crippen LogP contribution in [0.3, 0.4) is 0 Å². The predicted octanol–water partition coefficient (Wildman–Crippen LogP) is 6.53. The van der Waals surface area contributed by atoms with Gasteiger partial charge in [0.1, 0.15) is 16.9 Å². The monoisotopic (exact) mass is 606 g/mol. The van der Waals surface area contributed by atoms with Crippen molar-refractivity contribution >= 4 is 28.8 Å². The maximum atomic E-state index is 12.7. The molecule has 2 saturated heterocycles. The molecule has 0 bridgehead atoms. The van der Waals surface area contributed by atoms with Crippen molar-refractivity contribution < 1.29 is 14.3 Å². The van der Waals surface area contributed by atoms with E-state index < -0.39 is 5.60 Å². The number of nitrogens with one attached hydrogen (secondary N) is 1. The quantitative estimate of drug-likeness (QED) is 0.294. The average Bonchev–Trinajstić information content (AvgIpc) is 3.68. The van der Waals surface area contributed by atoms with E-state index in [4.69, 9.17) is 9.47 Å². The van der Waals surface area contributed by atoms with Gasteiger partial charge in [-0.15, -0.1) is 11.8 Å².